The summed E-state index contributed by atoms with van der Waals surface area (Å²) in [5, 5.41) is 3.89. The largest absolute Gasteiger partial charge is 0.310 e. The number of carbonyl (C=O) groups is 1. The molecule has 1 aromatic carbocycles. The zero-order chi connectivity index (χ0) is 14.0. The monoisotopic (exact) mass is 269 g/mol. The number of hydrogen-bond acceptors (Lipinski definition) is 2. The highest BCUT2D eigenvalue weighted by Gasteiger charge is 1.91. The van der Waals surface area contributed by atoms with Crippen LogP contribution in [0.4, 0.5) is 0 Å². The first-order valence-electron chi connectivity index (χ1n) is 6.40. The lowest BCUT2D eigenvalue weighted by Gasteiger charge is -1.97. The molecule has 0 aliphatic rings. The number of rotatable bonds is 5. The Hall–Kier alpha value is -0.860. The normalized spacial score (nSPS) is 9.61. The van der Waals surface area contributed by atoms with Crippen molar-refractivity contribution in [1.29, 1.82) is 0 Å². The molecule has 1 rings (SSSR count). The van der Waals surface area contributed by atoms with E-state index in [0.29, 0.717) is 6.54 Å². The van der Waals surface area contributed by atoms with Gasteiger partial charge in [0.1, 0.15) is 5.78 Å². The van der Waals surface area contributed by atoms with Gasteiger partial charge in [-0.25, -0.2) is 0 Å². The quantitative estimate of drug-likeness (QED) is 0.821. The van der Waals surface area contributed by atoms with Crippen LogP contribution in [0.2, 0.25) is 5.02 Å². The van der Waals surface area contributed by atoms with Gasteiger partial charge in [0, 0.05) is 5.02 Å². The second kappa shape index (κ2) is 10.1. The summed E-state index contributed by atoms with van der Waals surface area (Å²) in [5.74, 6) is 0.214. The fourth-order valence-electron chi connectivity index (χ4n) is 1.26. The minimum absolute atomic E-state index is 0.214. The summed E-state index contributed by atoms with van der Waals surface area (Å²) in [7, 11) is 0. The van der Waals surface area contributed by atoms with Gasteiger partial charge < -0.3 is 5.32 Å². The van der Waals surface area contributed by atoms with E-state index in [-0.39, 0.29) is 5.78 Å². The Labute approximate surface area is 116 Å². The standard InChI is InChI=1S/C8H9Cl.C7H15NO/c1-6-3-4-7(2)8(9)5-6;1-3-4-5-8-6-7(2)9/h3-5H,1-2H3;8H,3-6H2,1-2H3. The second-order valence-corrected chi connectivity index (χ2v) is 4.89. The van der Waals surface area contributed by atoms with Gasteiger partial charge in [0.05, 0.1) is 6.54 Å². The predicted octanol–water partition coefficient (Wildman–Crippen LogP) is 3.92. The van der Waals surface area contributed by atoms with Crippen LogP contribution < -0.4 is 5.32 Å². The van der Waals surface area contributed by atoms with Gasteiger partial charge in [0.2, 0.25) is 0 Å². The Morgan fingerprint density at radius 1 is 1.33 bits per heavy atom. The zero-order valence-corrected chi connectivity index (χ0v) is 12.6. The highest BCUT2D eigenvalue weighted by atomic mass is 35.5. The van der Waals surface area contributed by atoms with Gasteiger partial charge in [-0.2, -0.15) is 0 Å². The second-order valence-electron chi connectivity index (χ2n) is 4.48. The van der Waals surface area contributed by atoms with E-state index in [2.05, 4.69) is 18.3 Å². The number of hydrogen-bond donors (Lipinski definition) is 1. The lowest BCUT2D eigenvalue weighted by Crippen LogP contribution is -2.21. The molecule has 1 aromatic rings. The number of nitrogens with one attached hydrogen (secondary N) is 1. The molecule has 2 nitrogen and oxygen atoms in total. The SMILES string of the molecule is CCCCNCC(C)=O.Cc1ccc(C)c(Cl)c1. The molecule has 0 aliphatic carbocycles. The number of halogens is 1. The molecule has 0 saturated carbocycles. The number of carbonyl (C=O) groups excluding carboxylic acids is 1. The highest BCUT2D eigenvalue weighted by Crippen LogP contribution is 2.15. The Morgan fingerprint density at radius 3 is 2.44 bits per heavy atom. The number of ketones is 1. The van der Waals surface area contributed by atoms with Crippen molar-refractivity contribution in [1.82, 2.24) is 5.32 Å². The summed E-state index contributed by atoms with van der Waals surface area (Å²) in [6, 6.07) is 6.05. The summed E-state index contributed by atoms with van der Waals surface area (Å²) in [6.45, 7) is 9.26. The summed E-state index contributed by atoms with van der Waals surface area (Å²) < 4.78 is 0. The maximum absolute atomic E-state index is 10.3. The van der Waals surface area contributed by atoms with Gasteiger partial charge in [-0.3, -0.25) is 4.79 Å². The van der Waals surface area contributed by atoms with Crippen LogP contribution in [0.15, 0.2) is 18.2 Å². The summed E-state index contributed by atoms with van der Waals surface area (Å²) in [5.41, 5.74) is 2.35. The van der Waals surface area contributed by atoms with Crippen LogP contribution in [0.25, 0.3) is 0 Å². The van der Waals surface area contributed by atoms with Crippen molar-refractivity contribution in [2.45, 2.75) is 40.5 Å². The molecular weight excluding hydrogens is 246 g/mol. The fraction of sp³-hybridized carbons (Fsp3) is 0.533. The topological polar surface area (TPSA) is 29.1 Å². The third-order valence-electron chi connectivity index (χ3n) is 2.41. The lowest BCUT2D eigenvalue weighted by molar-refractivity contribution is -0.116. The molecule has 102 valence electrons. The minimum Gasteiger partial charge on any atom is -0.310 e. The van der Waals surface area contributed by atoms with E-state index in [1.54, 1.807) is 6.92 Å². The van der Waals surface area contributed by atoms with Crippen molar-refractivity contribution >= 4 is 17.4 Å². The van der Waals surface area contributed by atoms with E-state index in [4.69, 9.17) is 11.6 Å². The molecule has 0 atom stereocenters. The molecule has 0 aliphatic heterocycles. The van der Waals surface area contributed by atoms with Gasteiger partial charge in [-0.1, -0.05) is 37.1 Å². The molecule has 0 radical (unpaired) electrons. The Balaban J connectivity index is 0.000000321. The molecule has 0 aromatic heterocycles. The summed E-state index contributed by atoms with van der Waals surface area (Å²) in [6.07, 6.45) is 2.35. The molecule has 0 saturated heterocycles. The first-order chi connectivity index (χ1) is 8.47. The summed E-state index contributed by atoms with van der Waals surface area (Å²) in [4.78, 5) is 10.3. The van der Waals surface area contributed by atoms with Crippen molar-refractivity contribution in [3.05, 3.63) is 34.3 Å². The molecule has 1 N–H and O–H groups in total. The smallest absolute Gasteiger partial charge is 0.143 e. The lowest BCUT2D eigenvalue weighted by atomic mass is 10.2. The van der Waals surface area contributed by atoms with Crippen LogP contribution in [0, 0.1) is 13.8 Å². The molecular formula is C15H24ClNO. The van der Waals surface area contributed by atoms with E-state index in [0.717, 1.165) is 23.6 Å². The average molecular weight is 270 g/mol. The van der Waals surface area contributed by atoms with Crippen molar-refractivity contribution in [2.24, 2.45) is 0 Å². The number of Topliss-reactive ketones (excluding diaryl/α,β-unsaturated/α-hetero) is 1. The van der Waals surface area contributed by atoms with Crippen LogP contribution in [0.1, 0.15) is 37.8 Å². The van der Waals surface area contributed by atoms with Gasteiger partial charge in [0.15, 0.2) is 0 Å². The first-order valence-corrected chi connectivity index (χ1v) is 6.78. The maximum atomic E-state index is 10.3. The van der Waals surface area contributed by atoms with E-state index in [9.17, 15) is 4.79 Å². The van der Waals surface area contributed by atoms with Crippen molar-refractivity contribution in [2.75, 3.05) is 13.1 Å². The molecule has 0 amide bonds. The van der Waals surface area contributed by atoms with E-state index in [1.807, 2.05) is 26.0 Å². The van der Waals surface area contributed by atoms with Gasteiger partial charge >= 0.3 is 0 Å². The van der Waals surface area contributed by atoms with Crippen molar-refractivity contribution in [3.8, 4) is 0 Å². The minimum atomic E-state index is 0.214. The molecule has 0 heterocycles. The number of benzene rings is 1. The van der Waals surface area contributed by atoms with Gasteiger partial charge in [-0.05, 0) is 50.9 Å². The van der Waals surface area contributed by atoms with Crippen LogP contribution in [0.3, 0.4) is 0 Å². The van der Waals surface area contributed by atoms with Crippen LogP contribution in [-0.4, -0.2) is 18.9 Å². The third kappa shape index (κ3) is 9.20. The Morgan fingerprint density at radius 2 is 2.00 bits per heavy atom. The maximum Gasteiger partial charge on any atom is 0.143 e. The predicted molar refractivity (Wildman–Crippen MR) is 79.4 cm³/mol. The molecule has 0 unspecified atom stereocenters. The van der Waals surface area contributed by atoms with E-state index in [1.165, 1.54) is 12.0 Å². The van der Waals surface area contributed by atoms with Crippen LogP contribution in [0.5, 0.6) is 0 Å². The Bertz CT molecular complexity index is 364. The van der Waals surface area contributed by atoms with Crippen molar-refractivity contribution < 1.29 is 4.79 Å². The first kappa shape index (κ1) is 17.1. The van der Waals surface area contributed by atoms with Gasteiger partial charge in [0.25, 0.3) is 0 Å². The molecule has 0 bridgehead atoms. The summed E-state index contributed by atoms with van der Waals surface area (Å²) >= 11 is 5.81. The molecule has 3 heteroatoms. The molecule has 0 fully saturated rings. The van der Waals surface area contributed by atoms with E-state index < -0.39 is 0 Å². The van der Waals surface area contributed by atoms with Gasteiger partial charge in [-0.15, -0.1) is 0 Å². The molecule has 18 heavy (non-hydrogen) atoms. The Kier molecular flexibility index (Phi) is 9.62. The highest BCUT2D eigenvalue weighted by molar-refractivity contribution is 6.31. The number of unbranched alkanes of at least 4 members (excludes halogenated alkanes) is 1. The fourth-order valence-corrected chi connectivity index (χ4v) is 1.50. The third-order valence-corrected chi connectivity index (χ3v) is 2.82. The molecule has 0 spiro atoms. The van der Waals surface area contributed by atoms with Crippen LogP contribution >= 0.6 is 11.6 Å². The van der Waals surface area contributed by atoms with Crippen LogP contribution in [-0.2, 0) is 4.79 Å². The van der Waals surface area contributed by atoms with E-state index >= 15 is 0 Å². The number of aryl methyl sites for hydroxylation is 2. The van der Waals surface area contributed by atoms with Crippen molar-refractivity contribution in [3.63, 3.8) is 0 Å². The average Bonchev–Trinajstić information content (AvgIpc) is 2.31. The zero-order valence-electron chi connectivity index (χ0n) is 11.8.